The summed E-state index contributed by atoms with van der Waals surface area (Å²) in [4.78, 5) is 38.3. The van der Waals surface area contributed by atoms with E-state index in [9.17, 15) is 14.4 Å². The van der Waals surface area contributed by atoms with Crippen molar-refractivity contribution in [1.29, 1.82) is 0 Å². The number of hydrogen-bond acceptors (Lipinski definition) is 6. The van der Waals surface area contributed by atoms with Gasteiger partial charge in [0.2, 0.25) is 0 Å². The SMILES string of the molecule is COCCCN1C(=O)c2ccc(NC(=O)NCCOc3ccc(OC)cc3)cc2C1=O. The molecule has 0 aliphatic carbocycles. The lowest BCUT2D eigenvalue weighted by Crippen LogP contribution is -2.32. The lowest BCUT2D eigenvalue weighted by Gasteiger charge is -2.12. The summed E-state index contributed by atoms with van der Waals surface area (Å²) in [5.41, 5.74) is 1.04. The van der Waals surface area contributed by atoms with Crippen molar-refractivity contribution in [3.05, 3.63) is 53.6 Å². The van der Waals surface area contributed by atoms with E-state index in [2.05, 4.69) is 10.6 Å². The molecule has 2 aromatic rings. The van der Waals surface area contributed by atoms with Crippen LogP contribution in [-0.2, 0) is 4.74 Å². The van der Waals surface area contributed by atoms with Crippen molar-refractivity contribution < 1.29 is 28.6 Å². The van der Waals surface area contributed by atoms with Crippen molar-refractivity contribution in [3.63, 3.8) is 0 Å². The van der Waals surface area contributed by atoms with Gasteiger partial charge in [-0.3, -0.25) is 14.5 Å². The van der Waals surface area contributed by atoms with E-state index in [1.54, 1.807) is 50.6 Å². The van der Waals surface area contributed by atoms with E-state index >= 15 is 0 Å². The maximum absolute atomic E-state index is 12.5. The minimum absolute atomic E-state index is 0.281. The molecule has 4 amide bonds. The standard InChI is InChI=1S/C22H25N3O6/c1-29-12-3-11-25-20(26)18-9-4-15(14-19(18)21(25)27)24-22(28)23-10-13-31-17-7-5-16(30-2)6-8-17/h4-9,14H,3,10-13H2,1-2H3,(H2,23,24,28). The first-order valence-corrected chi connectivity index (χ1v) is 9.84. The lowest BCUT2D eigenvalue weighted by atomic mass is 10.1. The number of hydrogen-bond donors (Lipinski definition) is 2. The van der Waals surface area contributed by atoms with Gasteiger partial charge in [-0.25, -0.2) is 4.79 Å². The molecule has 0 spiro atoms. The van der Waals surface area contributed by atoms with Crippen molar-refractivity contribution in [3.8, 4) is 11.5 Å². The number of urea groups is 1. The quantitative estimate of drug-likeness (QED) is 0.446. The highest BCUT2D eigenvalue weighted by atomic mass is 16.5. The van der Waals surface area contributed by atoms with Crippen LogP contribution in [-0.4, -0.2) is 63.3 Å². The molecule has 0 radical (unpaired) electrons. The molecule has 0 saturated carbocycles. The molecule has 0 unspecified atom stereocenters. The van der Waals surface area contributed by atoms with Crippen LogP contribution in [0.4, 0.5) is 10.5 Å². The minimum Gasteiger partial charge on any atom is -0.497 e. The molecule has 1 heterocycles. The molecule has 0 bridgehead atoms. The molecule has 9 heteroatoms. The highest BCUT2D eigenvalue weighted by Gasteiger charge is 2.35. The van der Waals surface area contributed by atoms with Gasteiger partial charge in [0.25, 0.3) is 11.8 Å². The number of carbonyl (C=O) groups excluding carboxylic acids is 3. The molecule has 9 nitrogen and oxygen atoms in total. The van der Waals surface area contributed by atoms with Crippen LogP contribution in [0.1, 0.15) is 27.1 Å². The van der Waals surface area contributed by atoms with Gasteiger partial charge in [-0.2, -0.15) is 0 Å². The predicted molar refractivity (Wildman–Crippen MR) is 114 cm³/mol. The van der Waals surface area contributed by atoms with E-state index in [1.165, 1.54) is 11.0 Å². The summed E-state index contributed by atoms with van der Waals surface area (Å²) >= 11 is 0. The van der Waals surface area contributed by atoms with Crippen LogP contribution in [0.15, 0.2) is 42.5 Å². The molecule has 0 aromatic heterocycles. The molecular weight excluding hydrogens is 402 g/mol. The van der Waals surface area contributed by atoms with Crippen LogP contribution in [0.5, 0.6) is 11.5 Å². The van der Waals surface area contributed by atoms with Gasteiger partial charge in [-0.1, -0.05) is 0 Å². The Morgan fingerprint density at radius 2 is 1.65 bits per heavy atom. The molecule has 0 atom stereocenters. The molecule has 31 heavy (non-hydrogen) atoms. The Morgan fingerprint density at radius 1 is 0.935 bits per heavy atom. The molecular formula is C22H25N3O6. The number of amides is 4. The van der Waals surface area contributed by atoms with E-state index in [0.29, 0.717) is 30.0 Å². The topological polar surface area (TPSA) is 106 Å². The predicted octanol–water partition coefficient (Wildman–Crippen LogP) is 2.53. The third-order valence-electron chi connectivity index (χ3n) is 4.67. The van der Waals surface area contributed by atoms with Gasteiger partial charge in [0.1, 0.15) is 18.1 Å². The van der Waals surface area contributed by atoms with Crippen LogP contribution >= 0.6 is 0 Å². The molecule has 1 aliphatic rings. The van der Waals surface area contributed by atoms with Gasteiger partial charge < -0.3 is 24.8 Å². The summed E-state index contributed by atoms with van der Waals surface area (Å²) < 4.78 is 15.6. The maximum Gasteiger partial charge on any atom is 0.319 e. The van der Waals surface area contributed by atoms with Crippen LogP contribution in [0, 0.1) is 0 Å². The summed E-state index contributed by atoms with van der Waals surface area (Å²) in [6.45, 7) is 1.32. The smallest absolute Gasteiger partial charge is 0.319 e. The number of ether oxygens (including phenoxy) is 3. The van der Waals surface area contributed by atoms with Gasteiger partial charge in [0.15, 0.2) is 0 Å². The monoisotopic (exact) mass is 427 g/mol. The fourth-order valence-electron chi connectivity index (χ4n) is 3.12. The number of rotatable bonds is 10. The Kier molecular flexibility index (Phi) is 7.45. The lowest BCUT2D eigenvalue weighted by molar-refractivity contribution is 0.0638. The zero-order valence-corrected chi connectivity index (χ0v) is 17.5. The van der Waals surface area contributed by atoms with E-state index in [0.717, 1.165) is 5.75 Å². The number of nitrogens with one attached hydrogen (secondary N) is 2. The zero-order chi connectivity index (χ0) is 22.2. The Morgan fingerprint density at radius 3 is 2.35 bits per heavy atom. The normalized spacial score (nSPS) is 12.5. The molecule has 0 fully saturated rings. The molecule has 3 rings (SSSR count). The average molecular weight is 427 g/mol. The summed E-state index contributed by atoms with van der Waals surface area (Å²) in [6, 6.07) is 11.3. The summed E-state index contributed by atoms with van der Waals surface area (Å²) in [7, 11) is 3.16. The Bertz CT molecular complexity index is 945. The minimum atomic E-state index is -0.438. The maximum atomic E-state index is 12.5. The molecule has 0 saturated heterocycles. The van der Waals surface area contributed by atoms with E-state index in [4.69, 9.17) is 14.2 Å². The largest absolute Gasteiger partial charge is 0.497 e. The van der Waals surface area contributed by atoms with Gasteiger partial charge >= 0.3 is 6.03 Å². The van der Waals surface area contributed by atoms with E-state index in [1.807, 2.05) is 0 Å². The second-order valence-corrected chi connectivity index (χ2v) is 6.77. The van der Waals surface area contributed by atoms with Gasteiger partial charge in [0.05, 0.1) is 24.8 Å². The first kappa shape index (κ1) is 22.1. The summed E-state index contributed by atoms with van der Waals surface area (Å²) in [5.74, 6) is 0.702. The summed E-state index contributed by atoms with van der Waals surface area (Å²) in [5, 5.41) is 5.34. The summed E-state index contributed by atoms with van der Waals surface area (Å²) in [6.07, 6.45) is 0.564. The number of anilines is 1. The number of carbonyl (C=O) groups is 3. The Balaban J connectivity index is 1.48. The van der Waals surface area contributed by atoms with Crippen LogP contribution in [0.3, 0.4) is 0 Å². The van der Waals surface area contributed by atoms with Gasteiger partial charge in [0, 0.05) is 25.9 Å². The van der Waals surface area contributed by atoms with Crippen molar-refractivity contribution in [2.45, 2.75) is 6.42 Å². The highest BCUT2D eigenvalue weighted by molar-refractivity contribution is 6.21. The third-order valence-corrected chi connectivity index (χ3v) is 4.67. The van der Waals surface area contributed by atoms with Crippen LogP contribution in [0.25, 0.3) is 0 Å². The first-order chi connectivity index (χ1) is 15.0. The fraction of sp³-hybridized carbons (Fsp3) is 0.318. The van der Waals surface area contributed by atoms with Crippen LogP contribution < -0.4 is 20.1 Å². The van der Waals surface area contributed by atoms with Crippen LogP contribution in [0.2, 0.25) is 0 Å². The van der Waals surface area contributed by atoms with E-state index in [-0.39, 0.29) is 37.1 Å². The van der Waals surface area contributed by atoms with Crippen molar-refractivity contribution >= 4 is 23.5 Å². The molecule has 2 N–H and O–H groups in total. The number of benzene rings is 2. The van der Waals surface area contributed by atoms with Crippen molar-refractivity contribution in [1.82, 2.24) is 10.2 Å². The van der Waals surface area contributed by atoms with Crippen molar-refractivity contribution in [2.75, 3.05) is 45.8 Å². The number of fused-ring (bicyclic) bond motifs is 1. The van der Waals surface area contributed by atoms with Gasteiger partial charge in [-0.05, 0) is 48.9 Å². The Hall–Kier alpha value is -3.59. The molecule has 164 valence electrons. The number of methoxy groups -OCH3 is 2. The molecule has 1 aliphatic heterocycles. The third kappa shape index (κ3) is 5.52. The van der Waals surface area contributed by atoms with E-state index < -0.39 is 6.03 Å². The highest BCUT2D eigenvalue weighted by Crippen LogP contribution is 2.26. The van der Waals surface area contributed by atoms with Crippen molar-refractivity contribution in [2.24, 2.45) is 0 Å². The second kappa shape index (κ2) is 10.4. The first-order valence-electron chi connectivity index (χ1n) is 9.84. The molecule has 2 aromatic carbocycles. The Labute approximate surface area is 180 Å². The number of nitrogens with zero attached hydrogens (tertiary/aromatic N) is 1. The zero-order valence-electron chi connectivity index (χ0n) is 17.5. The fourth-order valence-corrected chi connectivity index (χ4v) is 3.12. The number of imide groups is 1. The average Bonchev–Trinajstić information content (AvgIpc) is 3.01. The second-order valence-electron chi connectivity index (χ2n) is 6.77. The van der Waals surface area contributed by atoms with Gasteiger partial charge in [-0.15, -0.1) is 0 Å².